The molecule has 252 valence electrons. The van der Waals surface area contributed by atoms with Gasteiger partial charge in [-0.2, -0.15) is 0 Å². The summed E-state index contributed by atoms with van der Waals surface area (Å²) in [4.78, 5) is 76.3. The number of methoxy groups -OCH3 is 2. The Morgan fingerprint density at radius 3 is 0.905 bits per heavy atom. The standard InChI is InChI=1S/C16H36O22P4/c1-29-3-5-31-7-9-33-11-13(35-39(17,18)19)12(34-10-8-32-6-4-30-2)15(37-41(23,24)25)16(38-42(26,27)28)14(11)36-40(20,21)22/h11-16H,3-10H2,1-2H3,(H2,17,18,19)(H2,20,21,22)(H2,23,24,25)(H2,26,27,28)/t11-,12+,13?,14+,15-,16?. The Morgan fingerprint density at radius 2 is 0.643 bits per heavy atom. The molecule has 22 nitrogen and oxygen atoms in total. The first kappa shape index (κ1) is 40.2. The third kappa shape index (κ3) is 17.0. The van der Waals surface area contributed by atoms with Gasteiger partial charge in [0.1, 0.15) is 36.6 Å². The maximum absolute atomic E-state index is 11.9. The van der Waals surface area contributed by atoms with Crippen molar-refractivity contribution < 1.29 is 104 Å². The van der Waals surface area contributed by atoms with Gasteiger partial charge in [-0.3, -0.25) is 18.1 Å². The highest BCUT2D eigenvalue weighted by molar-refractivity contribution is 7.47. The third-order valence-electron chi connectivity index (χ3n) is 4.92. The molecule has 0 aliphatic heterocycles. The van der Waals surface area contributed by atoms with Crippen molar-refractivity contribution in [2.24, 2.45) is 0 Å². The fourth-order valence-electron chi connectivity index (χ4n) is 3.59. The van der Waals surface area contributed by atoms with E-state index in [0.717, 1.165) is 0 Å². The quantitative estimate of drug-likeness (QED) is 0.0446. The zero-order valence-electron chi connectivity index (χ0n) is 22.2. The van der Waals surface area contributed by atoms with Crippen LogP contribution in [0.25, 0.3) is 0 Å². The van der Waals surface area contributed by atoms with Crippen molar-refractivity contribution in [3.63, 3.8) is 0 Å². The largest absolute Gasteiger partial charge is 0.470 e. The minimum Gasteiger partial charge on any atom is -0.382 e. The van der Waals surface area contributed by atoms with Crippen LogP contribution in [0.3, 0.4) is 0 Å². The van der Waals surface area contributed by atoms with Gasteiger partial charge in [0.2, 0.25) is 0 Å². The average molecular weight is 704 g/mol. The molecule has 1 rings (SSSR count). The Bertz CT molecular complexity index is 906. The molecule has 2 unspecified atom stereocenters. The molecule has 42 heavy (non-hydrogen) atoms. The van der Waals surface area contributed by atoms with E-state index in [1.807, 2.05) is 0 Å². The molecule has 26 heteroatoms. The number of hydrogen-bond donors (Lipinski definition) is 8. The van der Waals surface area contributed by atoms with Gasteiger partial charge in [-0.05, 0) is 0 Å². The summed E-state index contributed by atoms with van der Waals surface area (Å²) in [6.45, 7) is -1.17. The number of rotatable bonds is 22. The normalized spacial score (nSPS) is 26.0. The summed E-state index contributed by atoms with van der Waals surface area (Å²) in [5.41, 5.74) is 0. The van der Waals surface area contributed by atoms with E-state index in [4.69, 9.17) is 32.9 Å². The first-order valence-corrected chi connectivity index (χ1v) is 17.7. The Hall–Kier alpha value is 0.200. The number of phosphoric acid groups is 4. The van der Waals surface area contributed by atoms with Crippen LogP contribution in [0.4, 0.5) is 0 Å². The Labute approximate surface area is 239 Å². The van der Waals surface area contributed by atoms with Gasteiger partial charge in [0.05, 0.1) is 52.9 Å². The minimum absolute atomic E-state index is 0.0479. The molecule has 0 spiro atoms. The van der Waals surface area contributed by atoms with Crippen LogP contribution in [0.5, 0.6) is 0 Å². The van der Waals surface area contributed by atoms with Crippen molar-refractivity contribution in [1.29, 1.82) is 0 Å². The smallest absolute Gasteiger partial charge is 0.382 e. The van der Waals surface area contributed by atoms with Crippen LogP contribution in [0.1, 0.15) is 0 Å². The van der Waals surface area contributed by atoms with Gasteiger partial charge in [0, 0.05) is 14.2 Å². The topological polar surface area (TPSA) is 322 Å². The van der Waals surface area contributed by atoms with Gasteiger partial charge in [-0.1, -0.05) is 0 Å². The molecule has 0 aromatic rings. The average Bonchev–Trinajstić information content (AvgIpc) is 2.80. The van der Waals surface area contributed by atoms with Gasteiger partial charge in [-0.15, -0.1) is 0 Å². The van der Waals surface area contributed by atoms with E-state index in [9.17, 15) is 57.4 Å². The predicted octanol–water partition coefficient (Wildman–Crippen LogP) is -1.99. The van der Waals surface area contributed by atoms with Crippen molar-refractivity contribution in [3.05, 3.63) is 0 Å². The highest BCUT2D eigenvalue weighted by atomic mass is 31.2. The van der Waals surface area contributed by atoms with Gasteiger partial charge in [0.15, 0.2) is 0 Å². The summed E-state index contributed by atoms with van der Waals surface area (Å²) in [5.74, 6) is 0. The van der Waals surface area contributed by atoms with Crippen LogP contribution in [-0.4, -0.2) is 143 Å². The molecule has 1 saturated carbocycles. The van der Waals surface area contributed by atoms with Crippen molar-refractivity contribution >= 4 is 31.3 Å². The predicted molar refractivity (Wildman–Crippen MR) is 133 cm³/mol. The summed E-state index contributed by atoms with van der Waals surface area (Å²) >= 11 is 0. The fourth-order valence-corrected chi connectivity index (χ4v) is 5.82. The van der Waals surface area contributed by atoms with Gasteiger partial charge in [-0.25, -0.2) is 18.3 Å². The van der Waals surface area contributed by atoms with Crippen molar-refractivity contribution in [2.45, 2.75) is 36.6 Å². The van der Waals surface area contributed by atoms with Crippen molar-refractivity contribution in [2.75, 3.05) is 67.1 Å². The number of phosphoric ester groups is 4. The van der Waals surface area contributed by atoms with Gasteiger partial charge in [0.25, 0.3) is 0 Å². The lowest BCUT2D eigenvalue weighted by atomic mass is 9.84. The lowest BCUT2D eigenvalue weighted by molar-refractivity contribution is -0.236. The van der Waals surface area contributed by atoms with E-state index >= 15 is 0 Å². The summed E-state index contributed by atoms with van der Waals surface area (Å²) in [6.07, 6.45) is -13.9. The molecule has 0 amide bonds. The SMILES string of the molecule is COCCOCCO[C@@H]1C(OP(=O)(O)O)[C@H](OCCOCCOC)[C@@H](OP(=O)(O)O)C(OP(=O)(O)O)[C@H]1OP(=O)(O)O. The number of hydrogen-bond acceptors (Lipinski definition) is 14. The van der Waals surface area contributed by atoms with Crippen molar-refractivity contribution in [1.82, 2.24) is 0 Å². The molecule has 0 saturated heterocycles. The van der Waals surface area contributed by atoms with Crippen LogP contribution < -0.4 is 0 Å². The van der Waals surface area contributed by atoms with E-state index in [1.54, 1.807) is 0 Å². The van der Waals surface area contributed by atoms with Crippen LogP contribution in [0.15, 0.2) is 0 Å². The Balaban J connectivity index is 3.64. The molecule has 1 aliphatic rings. The third-order valence-corrected chi connectivity index (χ3v) is 6.99. The molecule has 0 bridgehead atoms. The van der Waals surface area contributed by atoms with E-state index in [2.05, 4.69) is 13.6 Å². The molecule has 0 heterocycles. The second kappa shape index (κ2) is 18.4. The highest BCUT2D eigenvalue weighted by Gasteiger charge is 2.60. The Kier molecular flexibility index (Phi) is 17.6. The van der Waals surface area contributed by atoms with Crippen LogP contribution in [-0.2, 0) is 64.8 Å². The zero-order chi connectivity index (χ0) is 32.2. The zero-order valence-corrected chi connectivity index (χ0v) is 25.8. The Morgan fingerprint density at radius 1 is 0.405 bits per heavy atom. The van der Waals surface area contributed by atoms with Gasteiger partial charge < -0.3 is 67.6 Å². The maximum atomic E-state index is 11.9. The summed E-state index contributed by atoms with van der Waals surface area (Å²) in [7, 11) is -19.8. The van der Waals surface area contributed by atoms with E-state index in [-0.39, 0.29) is 39.6 Å². The van der Waals surface area contributed by atoms with E-state index in [1.165, 1.54) is 14.2 Å². The van der Waals surface area contributed by atoms with Crippen molar-refractivity contribution in [3.8, 4) is 0 Å². The second-order valence-electron chi connectivity index (χ2n) is 8.12. The second-order valence-corrected chi connectivity index (χ2v) is 12.9. The monoisotopic (exact) mass is 704 g/mol. The molecule has 1 aliphatic carbocycles. The molecule has 8 N–H and O–H groups in total. The summed E-state index contributed by atoms with van der Waals surface area (Å²) in [6, 6.07) is 0. The van der Waals surface area contributed by atoms with Gasteiger partial charge >= 0.3 is 31.3 Å². The maximum Gasteiger partial charge on any atom is 0.470 e. The first-order chi connectivity index (χ1) is 19.3. The minimum atomic E-state index is -5.69. The molecule has 0 aromatic carbocycles. The molecule has 0 radical (unpaired) electrons. The molecular weight excluding hydrogens is 668 g/mol. The van der Waals surface area contributed by atoms with Crippen LogP contribution in [0, 0.1) is 0 Å². The summed E-state index contributed by atoms with van der Waals surface area (Å²) < 4.78 is 96.9. The molecule has 0 aromatic heterocycles. The molecule has 6 atom stereocenters. The highest BCUT2D eigenvalue weighted by Crippen LogP contribution is 2.53. The van der Waals surface area contributed by atoms with E-state index in [0.29, 0.717) is 0 Å². The van der Waals surface area contributed by atoms with E-state index < -0.39 is 81.1 Å². The lowest BCUT2D eigenvalue weighted by Gasteiger charge is -2.48. The molecular formula is C16H36O22P4. The fraction of sp³-hybridized carbons (Fsp3) is 1.00. The van der Waals surface area contributed by atoms with Crippen LogP contribution >= 0.6 is 31.3 Å². The first-order valence-electron chi connectivity index (χ1n) is 11.6. The lowest BCUT2D eigenvalue weighted by Crippen LogP contribution is -2.67. The summed E-state index contributed by atoms with van der Waals surface area (Å²) in [5, 5.41) is 0. The molecule has 1 fully saturated rings. The van der Waals surface area contributed by atoms with Crippen LogP contribution in [0.2, 0.25) is 0 Å². The number of ether oxygens (including phenoxy) is 6.